The molecule has 0 aromatic carbocycles. The van der Waals surface area contributed by atoms with Gasteiger partial charge in [-0.2, -0.15) is 0 Å². The summed E-state index contributed by atoms with van der Waals surface area (Å²) in [5.41, 5.74) is 0.438. The van der Waals surface area contributed by atoms with Crippen LogP contribution in [-0.4, -0.2) is 41.3 Å². The fourth-order valence-electron chi connectivity index (χ4n) is 1.56. The first kappa shape index (κ1) is 15.3. The van der Waals surface area contributed by atoms with Gasteiger partial charge >= 0.3 is 0 Å². The van der Waals surface area contributed by atoms with Crippen LogP contribution in [-0.2, 0) is 0 Å². The van der Waals surface area contributed by atoms with E-state index in [2.05, 4.69) is 20.5 Å². The third-order valence-corrected chi connectivity index (χ3v) is 2.46. The van der Waals surface area contributed by atoms with Crippen LogP contribution in [0, 0.1) is 10.8 Å². The van der Waals surface area contributed by atoms with Gasteiger partial charge in [-0.1, -0.05) is 19.4 Å². The van der Waals surface area contributed by atoms with Gasteiger partial charge in [-0.25, -0.2) is 0 Å². The van der Waals surface area contributed by atoms with Crippen molar-refractivity contribution in [1.29, 1.82) is 10.8 Å². The maximum Gasteiger partial charge on any atom is 0.192 e. The first-order valence-corrected chi connectivity index (χ1v) is 6.25. The number of nitrogens with zero attached hydrogens (tertiary/aromatic N) is 3. The average Bonchev–Trinajstić information content (AvgIpc) is 2.37. The maximum atomic E-state index is 9.63. The summed E-state index contributed by atoms with van der Waals surface area (Å²) < 4.78 is 0. The Bertz CT molecular complexity index is 426. The number of nitrogens with one attached hydrogen (secondary N) is 3. The maximum absolute atomic E-state index is 9.63. The van der Waals surface area contributed by atoms with Crippen molar-refractivity contribution in [2.24, 2.45) is 15.2 Å². The van der Waals surface area contributed by atoms with Gasteiger partial charge in [0.2, 0.25) is 0 Å². The molecule has 104 valence electrons. The van der Waals surface area contributed by atoms with E-state index in [9.17, 15) is 5.11 Å². The van der Waals surface area contributed by atoms with Gasteiger partial charge in [0.1, 0.15) is 17.8 Å². The lowest BCUT2D eigenvalue weighted by atomic mass is 10.1. The van der Waals surface area contributed by atoms with Gasteiger partial charge in [0, 0.05) is 6.04 Å². The summed E-state index contributed by atoms with van der Waals surface area (Å²) in [4.78, 5) is 4.21. The Kier molecular flexibility index (Phi) is 6.17. The van der Waals surface area contributed by atoms with E-state index in [0.717, 1.165) is 6.42 Å². The molecule has 1 heterocycles. The van der Waals surface area contributed by atoms with Gasteiger partial charge in [-0.15, -0.1) is 10.2 Å². The van der Waals surface area contributed by atoms with Crippen LogP contribution in [0.15, 0.2) is 27.4 Å². The average molecular weight is 264 g/mol. The molecule has 0 saturated carbocycles. The predicted octanol–water partition coefficient (Wildman–Crippen LogP) is 1.50. The van der Waals surface area contributed by atoms with Gasteiger partial charge in [0.25, 0.3) is 0 Å². The largest absolute Gasteiger partial charge is 0.379 e. The van der Waals surface area contributed by atoms with E-state index in [-0.39, 0.29) is 17.7 Å². The standard InChI is InChI=1S/C12H20N6O/c1-3-4-11(19)16-9-5-6-10(15-7-9)12(14)18-17-8(2)13/h5-6,9,11,13-14,16,19H,3-4,7H2,1-2H3. The van der Waals surface area contributed by atoms with E-state index in [0.29, 0.717) is 18.7 Å². The molecule has 1 rings (SSSR count). The van der Waals surface area contributed by atoms with E-state index in [1.807, 2.05) is 13.0 Å². The number of aliphatic imine (C=N–C) groups is 1. The van der Waals surface area contributed by atoms with Crippen molar-refractivity contribution in [3.8, 4) is 0 Å². The van der Waals surface area contributed by atoms with Crippen LogP contribution < -0.4 is 5.32 Å². The highest BCUT2D eigenvalue weighted by molar-refractivity contribution is 6.45. The number of aliphatic hydroxyl groups excluding tert-OH is 1. The minimum atomic E-state index is -0.531. The Labute approximate surface area is 112 Å². The Morgan fingerprint density at radius 3 is 2.84 bits per heavy atom. The summed E-state index contributed by atoms with van der Waals surface area (Å²) in [7, 11) is 0. The molecule has 0 aromatic heterocycles. The Hall–Kier alpha value is -1.73. The molecule has 1 aliphatic rings. The van der Waals surface area contributed by atoms with Crippen LogP contribution in [0.3, 0.4) is 0 Å². The quantitative estimate of drug-likeness (QED) is 0.260. The number of aliphatic hydroxyl groups is 1. The number of dihydropyridines is 1. The fraction of sp³-hybridized carbons (Fsp3) is 0.583. The highest BCUT2D eigenvalue weighted by atomic mass is 16.3. The van der Waals surface area contributed by atoms with Crippen molar-refractivity contribution in [1.82, 2.24) is 5.32 Å². The van der Waals surface area contributed by atoms with E-state index in [1.165, 1.54) is 6.92 Å². The van der Waals surface area contributed by atoms with Crippen LogP contribution in [0.5, 0.6) is 0 Å². The number of rotatable bonds is 5. The zero-order chi connectivity index (χ0) is 14.3. The lowest BCUT2D eigenvalue weighted by molar-refractivity contribution is 0.119. The number of hydrogen-bond acceptors (Lipinski definition) is 5. The second-order valence-corrected chi connectivity index (χ2v) is 4.30. The Balaban J connectivity index is 2.48. The van der Waals surface area contributed by atoms with E-state index in [4.69, 9.17) is 10.8 Å². The lowest BCUT2D eigenvalue weighted by Gasteiger charge is -2.20. The van der Waals surface area contributed by atoms with Crippen LogP contribution >= 0.6 is 0 Å². The topological polar surface area (TPSA) is 117 Å². The van der Waals surface area contributed by atoms with Crippen molar-refractivity contribution in [3.63, 3.8) is 0 Å². The lowest BCUT2D eigenvalue weighted by Crippen LogP contribution is -2.40. The third-order valence-electron chi connectivity index (χ3n) is 2.46. The van der Waals surface area contributed by atoms with Crippen LogP contribution in [0.25, 0.3) is 0 Å². The molecule has 19 heavy (non-hydrogen) atoms. The molecule has 1 aliphatic heterocycles. The number of hydrogen-bond donors (Lipinski definition) is 4. The predicted molar refractivity (Wildman–Crippen MR) is 75.3 cm³/mol. The van der Waals surface area contributed by atoms with Gasteiger partial charge < -0.3 is 5.11 Å². The normalized spacial score (nSPS) is 20.4. The van der Waals surface area contributed by atoms with Crippen LogP contribution in [0.4, 0.5) is 0 Å². The molecule has 0 aliphatic carbocycles. The van der Waals surface area contributed by atoms with Crippen molar-refractivity contribution in [2.45, 2.75) is 39.0 Å². The first-order chi connectivity index (χ1) is 9.02. The molecule has 0 spiro atoms. The molecular formula is C12H20N6O. The molecule has 2 unspecified atom stereocenters. The number of amidine groups is 2. The molecule has 7 heteroatoms. The van der Waals surface area contributed by atoms with Gasteiger partial charge in [-0.05, 0) is 19.4 Å². The Morgan fingerprint density at radius 2 is 2.32 bits per heavy atom. The third kappa shape index (κ3) is 5.62. The molecule has 2 atom stereocenters. The summed E-state index contributed by atoms with van der Waals surface area (Å²) in [5, 5.41) is 34.5. The molecule has 0 radical (unpaired) electrons. The van der Waals surface area contributed by atoms with E-state index < -0.39 is 6.23 Å². The summed E-state index contributed by atoms with van der Waals surface area (Å²) in [6.07, 6.45) is 4.61. The summed E-state index contributed by atoms with van der Waals surface area (Å²) in [5.74, 6) is -0.0113. The zero-order valence-corrected chi connectivity index (χ0v) is 11.2. The molecular weight excluding hydrogens is 244 g/mol. The summed E-state index contributed by atoms with van der Waals surface area (Å²) in [6, 6.07) is -0.0282. The van der Waals surface area contributed by atoms with Crippen molar-refractivity contribution in [3.05, 3.63) is 12.2 Å². The molecule has 0 aromatic rings. The SMILES string of the molecule is CCCC(O)NC1C=CC(C(=N)N=NC(C)=N)=NC1. The first-order valence-electron chi connectivity index (χ1n) is 6.25. The second kappa shape index (κ2) is 7.65. The minimum absolute atomic E-state index is 0.0282. The van der Waals surface area contributed by atoms with Crippen LogP contribution in [0.2, 0.25) is 0 Å². The molecule has 0 saturated heterocycles. The van der Waals surface area contributed by atoms with Gasteiger partial charge in [-0.3, -0.25) is 21.1 Å². The molecule has 0 fully saturated rings. The monoisotopic (exact) mass is 264 g/mol. The van der Waals surface area contributed by atoms with Gasteiger partial charge in [0.15, 0.2) is 5.84 Å². The van der Waals surface area contributed by atoms with Crippen molar-refractivity contribution in [2.75, 3.05) is 6.54 Å². The summed E-state index contributed by atoms with van der Waals surface area (Å²) >= 11 is 0. The molecule has 4 N–H and O–H groups in total. The van der Waals surface area contributed by atoms with E-state index >= 15 is 0 Å². The minimum Gasteiger partial charge on any atom is -0.379 e. The van der Waals surface area contributed by atoms with Crippen molar-refractivity contribution < 1.29 is 5.11 Å². The van der Waals surface area contributed by atoms with Gasteiger partial charge in [0.05, 0.1) is 6.54 Å². The van der Waals surface area contributed by atoms with E-state index in [1.54, 1.807) is 6.08 Å². The highest BCUT2D eigenvalue weighted by Crippen LogP contribution is 2.03. The smallest absolute Gasteiger partial charge is 0.192 e. The fourth-order valence-corrected chi connectivity index (χ4v) is 1.56. The van der Waals surface area contributed by atoms with Crippen LogP contribution in [0.1, 0.15) is 26.7 Å². The summed E-state index contributed by atoms with van der Waals surface area (Å²) in [6.45, 7) is 3.95. The number of azo groups is 1. The molecule has 0 bridgehead atoms. The molecule has 0 amide bonds. The Morgan fingerprint density at radius 1 is 1.58 bits per heavy atom. The zero-order valence-electron chi connectivity index (χ0n) is 11.2. The second-order valence-electron chi connectivity index (χ2n) is 4.30. The molecule has 7 nitrogen and oxygen atoms in total. The highest BCUT2D eigenvalue weighted by Gasteiger charge is 2.14. The van der Waals surface area contributed by atoms with Crippen molar-refractivity contribution >= 4 is 17.4 Å².